The molecule has 0 fully saturated rings. The van der Waals surface area contributed by atoms with E-state index >= 15 is 0 Å². The Bertz CT molecular complexity index is 931. The molecule has 0 bridgehead atoms. The Morgan fingerprint density at radius 2 is 1.82 bits per heavy atom. The molecule has 0 saturated heterocycles. The van der Waals surface area contributed by atoms with E-state index in [-0.39, 0.29) is 11.8 Å². The van der Waals surface area contributed by atoms with Crippen molar-refractivity contribution in [3.8, 4) is 0 Å². The Hall–Kier alpha value is -2.96. The van der Waals surface area contributed by atoms with Gasteiger partial charge in [-0.2, -0.15) is 4.52 Å². The lowest BCUT2D eigenvalue weighted by Gasteiger charge is -2.17. The fourth-order valence-electron chi connectivity index (χ4n) is 3.10. The maximum absolute atomic E-state index is 12.6. The van der Waals surface area contributed by atoms with Crippen LogP contribution in [0.5, 0.6) is 0 Å². The van der Waals surface area contributed by atoms with Gasteiger partial charge in [-0.15, -0.1) is 15.3 Å². The highest BCUT2D eigenvalue weighted by molar-refractivity contribution is 5.95. The van der Waals surface area contributed by atoms with Crippen molar-refractivity contribution in [1.29, 1.82) is 0 Å². The van der Waals surface area contributed by atoms with Crippen molar-refractivity contribution in [2.75, 3.05) is 10.6 Å². The number of nitrogens with one attached hydrogen (secondary N) is 2. The molecular formula is C21H28N6O. The predicted molar refractivity (Wildman–Crippen MR) is 112 cm³/mol. The lowest BCUT2D eigenvalue weighted by molar-refractivity contribution is -0.115. The van der Waals surface area contributed by atoms with E-state index in [1.807, 2.05) is 50.2 Å². The second kappa shape index (κ2) is 8.82. The van der Waals surface area contributed by atoms with Crippen molar-refractivity contribution < 1.29 is 4.79 Å². The third-order valence-corrected chi connectivity index (χ3v) is 4.73. The Kier molecular flexibility index (Phi) is 6.23. The van der Waals surface area contributed by atoms with Crippen LogP contribution in [-0.4, -0.2) is 31.8 Å². The van der Waals surface area contributed by atoms with E-state index in [4.69, 9.17) is 0 Å². The minimum absolute atomic E-state index is 0.0955. The summed E-state index contributed by atoms with van der Waals surface area (Å²) in [4.78, 5) is 12.6. The van der Waals surface area contributed by atoms with E-state index in [1.54, 1.807) is 4.52 Å². The molecule has 2 aromatic heterocycles. The molecule has 0 radical (unpaired) electrons. The fourth-order valence-corrected chi connectivity index (χ4v) is 3.10. The highest BCUT2D eigenvalue weighted by Crippen LogP contribution is 2.23. The summed E-state index contributed by atoms with van der Waals surface area (Å²) in [7, 11) is 0. The molecule has 7 heteroatoms. The van der Waals surface area contributed by atoms with Crippen molar-refractivity contribution in [3.63, 3.8) is 0 Å². The summed E-state index contributed by atoms with van der Waals surface area (Å²) in [5.41, 5.74) is 2.13. The quantitative estimate of drug-likeness (QED) is 0.616. The van der Waals surface area contributed by atoms with Gasteiger partial charge in [-0.1, -0.05) is 58.0 Å². The van der Waals surface area contributed by atoms with Crippen LogP contribution in [0.3, 0.4) is 0 Å². The Balaban J connectivity index is 1.93. The molecule has 0 aliphatic rings. The second-order valence-electron chi connectivity index (χ2n) is 7.26. The van der Waals surface area contributed by atoms with E-state index in [1.165, 1.54) is 0 Å². The number of rotatable bonds is 8. The number of carbonyl (C=O) groups excluding carboxylic acids is 1. The maximum Gasteiger partial charge on any atom is 0.228 e. The highest BCUT2D eigenvalue weighted by Gasteiger charge is 2.18. The largest absolute Gasteiger partial charge is 0.366 e. The molecule has 28 heavy (non-hydrogen) atoms. The van der Waals surface area contributed by atoms with Crippen molar-refractivity contribution in [1.82, 2.24) is 19.8 Å². The van der Waals surface area contributed by atoms with Gasteiger partial charge >= 0.3 is 0 Å². The molecule has 2 N–H and O–H groups in total. The molecule has 0 saturated carbocycles. The van der Waals surface area contributed by atoms with E-state index in [0.717, 1.165) is 24.2 Å². The normalized spacial score (nSPS) is 11.4. The van der Waals surface area contributed by atoms with Gasteiger partial charge in [0.2, 0.25) is 11.6 Å². The number of hydrogen-bond acceptors (Lipinski definition) is 5. The summed E-state index contributed by atoms with van der Waals surface area (Å²) < 4.78 is 1.73. The van der Waals surface area contributed by atoms with Crippen LogP contribution in [-0.2, 0) is 11.2 Å². The first kappa shape index (κ1) is 19.8. The first-order valence-corrected chi connectivity index (χ1v) is 9.88. The first-order valence-electron chi connectivity index (χ1n) is 9.88. The van der Waals surface area contributed by atoms with Gasteiger partial charge in [-0.25, -0.2) is 0 Å². The van der Waals surface area contributed by atoms with Crippen LogP contribution in [0, 0.1) is 0 Å². The first-order chi connectivity index (χ1) is 13.5. The van der Waals surface area contributed by atoms with Crippen LogP contribution in [0.4, 0.5) is 11.5 Å². The molecule has 0 aliphatic carbocycles. The molecule has 3 aromatic rings. The number of benzene rings is 1. The van der Waals surface area contributed by atoms with E-state index in [2.05, 4.69) is 39.8 Å². The van der Waals surface area contributed by atoms with E-state index in [9.17, 15) is 4.79 Å². The summed E-state index contributed by atoms with van der Waals surface area (Å²) in [5.74, 6) is 1.54. The Morgan fingerprint density at radius 3 is 2.46 bits per heavy atom. The molecule has 2 heterocycles. The molecule has 1 aromatic carbocycles. The number of amides is 1. The number of anilines is 2. The standard InChI is InChI=1S/C21H28N6O/c1-5-16(6-2)22-18-13-17(21-25-24-20(14(3)4)27(21)26-18)23-19(28)12-15-10-8-7-9-11-15/h7-11,13-14,16H,5-6,12H2,1-4H3,(H,22,26)(H,23,28). The number of fused-ring (bicyclic) bond motifs is 1. The summed E-state index contributed by atoms with van der Waals surface area (Å²) in [6.45, 7) is 8.38. The molecule has 3 rings (SSSR count). The second-order valence-corrected chi connectivity index (χ2v) is 7.26. The topological polar surface area (TPSA) is 84.2 Å². The van der Waals surface area contributed by atoms with Crippen LogP contribution in [0.25, 0.3) is 5.65 Å². The van der Waals surface area contributed by atoms with Crippen molar-refractivity contribution in [3.05, 3.63) is 47.8 Å². The summed E-state index contributed by atoms with van der Waals surface area (Å²) >= 11 is 0. The monoisotopic (exact) mass is 380 g/mol. The zero-order chi connectivity index (χ0) is 20.1. The van der Waals surface area contributed by atoms with Crippen molar-refractivity contribution in [2.45, 2.75) is 58.9 Å². The van der Waals surface area contributed by atoms with Crippen LogP contribution in [0.2, 0.25) is 0 Å². The van der Waals surface area contributed by atoms with Gasteiger partial charge in [0.25, 0.3) is 0 Å². The van der Waals surface area contributed by atoms with Gasteiger partial charge in [0.1, 0.15) is 5.82 Å². The average Bonchev–Trinajstić information content (AvgIpc) is 3.11. The lowest BCUT2D eigenvalue weighted by atomic mass is 10.1. The minimum atomic E-state index is -0.0955. The third kappa shape index (κ3) is 4.47. The number of aromatic nitrogens is 4. The number of nitrogens with zero attached hydrogens (tertiary/aromatic N) is 4. The average molecular weight is 380 g/mol. The van der Waals surface area contributed by atoms with Gasteiger partial charge in [-0.3, -0.25) is 4.79 Å². The molecule has 148 valence electrons. The Labute approximate surface area is 165 Å². The van der Waals surface area contributed by atoms with Crippen molar-refractivity contribution in [2.24, 2.45) is 0 Å². The van der Waals surface area contributed by atoms with Gasteiger partial charge in [0, 0.05) is 18.0 Å². The summed E-state index contributed by atoms with van der Waals surface area (Å²) in [6.07, 6.45) is 2.28. The molecule has 0 spiro atoms. The molecular weight excluding hydrogens is 352 g/mol. The minimum Gasteiger partial charge on any atom is -0.366 e. The lowest BCUT2D eigenvalue weighted by Crippen LogP contribution is -2.20. The van der Waals surface area contributed by atoms with Gasteiger partial charge in [-0.05, 0) is 18.4 Å². The van der Waals surface area contributed by atoms with Crippen LogP contribution < -0.4 is 10.6 Å². The highest BCUT2D eigenvalue weighted by atomic mass is 16.1. The van der Waals surface area contributed by atoms with Crippen LogP contribution in [0.1, 0.15) is 57.8 Å². The van der Waals surface area contributed by atoms with Gasteiger partial charge < -0.3 is 10.6 Å². The van der Waals surface area contributed by atoms with Crippen LogP contribution in [0.15, 0.2) is 36.4 Å². The zero-order valence-corrected chi connectivity index (χ0v) is 16.9. The summed E-state index contributed by atoms with van der Waals surface area (Å²) in [5, 5.41) is 19.7. The smallest absolute Gasteiger partial charge is 0.228 e. The van der Waals surface area contributed by atoms with E-state index in [0.29, 0.717) is 29.6 Å². The molecule has 1 amide bonds. The maximum atomic E-state index is 12.6. The van der Waals surface area contributed by atoms with Gasteiger partial charge in [0.15, 0.2) is 5.82 Å². The number of hydrogen-bond donors (Lipinski definition) is 2. The van der Waals surface area contributed by atoms with Crippen molar-refractivity contribution >= 4 is 23.1 Å². The SMILES string of the molecule is CCC(CC)Nc1cc(NC(=O)Cc2ccccc2)c2nnc(C(C)C)n2n1. The molecule has 0 aliphatic heterocycles. The Morgan fingerprint density at radius 1 is 1.11 bits per heavy atom. The van der Waals surface area contributed by atoms with Gasteiger partial charge in [0.05, 0.1) is 12.1 Å². The predicted octanol–water partition coefficient (Wildman–Crippen LogP) is 4.03. The fraction of sp³-hybridized carbons (Fsp3) is 0.429. The number of carbonyl (C=O) groups is 1. The molecule has 0 atom stereocenters. The van der Waals surface area contributed by atoms with E-state index < -0.39 is 0 Å². The third-order valence-electron chi connectivity index (χ3n) is 4.73. The molecule has 7 nitrogen and oxygen atoms in total. The summed E-state index contributed by atoms with van der Waals surface area (Å²) in [6, 6.07) is 11.8. The van der Waals surface area contributed by atoms with Crippen LogP contribution >= 0.6 is 0 Å². The zero-order valence-electron chi connectivity index (χ0n) is 16.9. The molecule has 0 unspecified atom stereocenters.